The van der Waals surface area contributed by atoms with Gasteiger partial charge in [-0.1, -0.05) is 30.3 Å². The van der Waals surface area contributed by atoms with E-state index in [0.29, 0.717) is 17.5 Å². The number of alkyl halides is 3. The van der Waals surface area contributed by atoms with Gasteiger partial charge < -0.3 is 4.90 Å². The number of nitrogens with zero attached hydrogens (tertiary/aromatic N) is 1. The Kier molecular flexibility index (Phi) is 5.55. The molecule has 0 aliphatic rings. The van der Waals surface area contributed by atoms with Gasteiger partial charge in [0.2, 0.25) is 10.0 Å². The predicted octanol–water partition coefficient (Wildman–Crippen LogP) is 4.54. The Balaban J connectivity index is 1.91. The van der Waals surface area contributed by atoms with E-state index in [-0.39, 0.29) is 17.0 Å². The Morgan fingerprint density at radius 3 is 2.24 bits per heavy atom. The zero-order valence-corrected chi connectivity index (χ0v) is 16.4. The molecule has 0 saturated carbocycles. The fourth-order valence-electron chi connectivity index (χ4n) is 3.04. The minimum absolute atomic E-state index is 0.0334. The van der Waals surface area contributed by atoms with Gasteiger partial charge in [0, 0.05) is 37.1 Å². The first-order valence-electron chi connectivity index (χ1n) is 8.55. The van der Waals surface area contributed by atoms with Crippen LogP contribution in [0.3, 0.4) is 0 Å². The van der Waals surface area contributed by atoms with Gasteiger partial charge in [-0.15, -0.1) is 0 Å². The number of anilines is 1. The van der Waals surface area contributed by atoms with E-state index in [1.165, 1.54) is 6.07 Å². The first kappa shape index (κ1) is 21.1. The quantitative estimate of drug-likeness (QED) is 0.610. The molecule has 0 unspecified atom stereocenters. The predicted molar refractivity (Wildman–Crippen MR) is 104 cm³/mol. The maximum absolute atomic E-state index is 13.7. The largest absolute Gasteiger partial charge is 0.419 e. The zero-order valence-electron chi connectivity index (χ0n) is 15.6. The van der Waals surface area contributed by atoms with Crippen molar-refractivity contribution < 1.29 is 26.0 Å². The molecule has 0 fully saturated rings. The number of rotatable bonds is 5. The number of hydrogen-bond donors (Lipinski definition) is 1. The van der Waals surface area contributed by atoms with Crippen molar-refractivity contribution in [2.75, 3.05) is 19.0 Å². The fourth-order valence-corrected chi connectivity index (χ4v) is 4.28. The van der Waals surface area contributed by atoms with Crippen LogP contribution in [0.25, 0.3) is 10.8 Å². The third kappa shape index (κ3) is 4.35. The lowest BCUT2D eigenvalue weighted by molar-refractivity contribution is -0.140. The van der Waals surface area contributed by atoms with Gasteiger partial charge in [-0.05, 0) is 29.8 Å². The zero-order chi connectivity index (χ0) is 21.4. The summed E-state index contributed by atoms with van der Waals surface area (Å²) in [6.45, 7) is -0.346. The van der Waals surface area contributed by atoms with Crippen LogP contribution in [0.5, 0.6) is 0 Å². The van der Waals surface area contributed by atoms with Gasteiger partial charge in [-0.25, -0.2) is 17.5 Å². The van der Waals surface area contributed by atoms with Crippen LogP contribution in [0, 0.1) is 5.82 Å². The third-order valence-corrected chi connectivity index (χ3v) is 5.89. The summed E-state index contributed by atoms with van der Waals surface area (Å²) < 4.78 is 79.6. The molecule has 29 heavy (non-hydrogen) atoms. The monoisotopic (exact) mass is 426 g/mol. The average molecular weight is 426 g/mol. The molecule has 9 heteroatoms. The molecule has 1 N–H and O–H groups in total. The van der Waals surface area contributed by atoms with E-state index >= 15 is 0 Å². The average Bonchev–Trinajstić information content (AvgIpc) is 2.64. The second-order valence-electron chi connectivity index (χ2n) is 6.66. The molecule has 4 nitrogen and oxygen atoms in total. The summed E-state index contributed by atoms with van der Waals surface area (Å²) in [7, 11) is -0.311. The lowest BCUT2D eigenvalue weighted by Gasteiger charge is -2.17. The number of sulfonamides is 1. The second kappa shape index (κ2) is 7.64. The van der Waals surface area contributed by atoms with Crippen LogP contribution in [-0.2, 0) is 22.7 Å². The smallest absolute Gasteiger partial charge is 0.377 e. The molecule has 0 spiro atoms. The molecule has 0 amide bonds. The summed E-state index contributed by atoms with van der Waals surface area (Å²) in [5, 5.41) is 1.24. The standard InChI is InChI=1S/C20H18F4N2O2S/c1-26(2)18-7-3-6-15-14(18)5-4-8-19(15)29(27,28)25-12-13-9-10-16(17(21)11-13)20(22,23)24/h3-11,25H,12H2,1-2H3. The summed E-state index contributed by atoms with van der Waals surface area (Å²) in [6, 6.07) is 12.4. The highest BCUT2D eigenvalue weighted by Gasteiger charge is 2.33. The maximum atomic E-state index is 13.7. The Hall–Kier alpha value is -2.65. The topological polar surface area (TPSA) is 49.4 Å². The van der Waals surface area contributed by atoms with E-state index < -0.39 is 27.6 Å². The molecule has 0 aliphatic heterocycles. The number of halogens is 4. The molecule has 3 aromatic carbocycles. The van der Waals surface area contributed by atoms with Crippen LogP contribution < -0.4 is 9.62 Å². The molecule has 0 aliphatic carbocycles. The number of hydrogen-bond acceptors (Lipinski definition) is 3. The van der Waals surface area contributed by atoms with E-state index in [9.17, 15) is 26.0 Å². The first-order valence-corrected chi connectivity index (χ1v) is 10.0. The lowest BCUT2D eigenvalue weighted by atomic mass is 10.1. The van der Waals surface area contributed by atoms with Crippen molar-refractivity contribution in [3.63, 3.8) is 0 Å². The van der Waals surface area contributed by atoms with Gasteiger partial charge in [0.25, 0.3) is 0 Å². The van der Waals surface area contributed by atoms with Crippen LogP contribution >= 0.6 is 0 Å². The van der Waals surface area contributed by atoms with Crippen molar-refractivity contribution in [1.29, 1.82) is 0 Å². The molecular formula is C20H18F4N2O2S. The second-order valence-corrected chi connectivity index (χ2v) is 8.39. The van der Waals surface area contributed by atoms with Crippen LogP contribution in [0.1, 0.15) is 11.1 Å². The summed E-state index contributed by atoms with van der Waals surface area (Å²) in [6.07, 6.45) is -4.81. The number of nitrogens with one attached hydrogen (secondary N) is 1. The van der Waals surface area contributed by atoms with Crippen molar-refractivity contribution in [3.05, 3.63) is 71.5 Å². The van der Waals surface area contributed by atoms with E-state index in [0.717, 1.165) is 17.1 Å². The normalized spacial score (nSPS) is 12.3. The maximum Gasteiger partial charge on any atom is 0.419 e. The summed E-state index contributed by atoms with van der Waals surface area (Å²) in [5.74, 6) is -1.45. The van der Waals surface area contributed by atoms with Gasteiger partial charge >= 0.3 is 6.18 Å². The van der Waals surface area contributed by atoms with Crippen molar-refractivity contribution in [2.45, 2.75) is 17.6 Å². The van der Waals surface area contributed by atoms with Gasteiger partial charge in [0.05, 0.1) is 10.5 Å². The minimum Gasteiger partial charge on any atom is -0.377 e. The van der Waals surface area contributed by atoms with E-state index in [1.54, 1.807) is 24.3 Å². The Labute approximate surface area is 165 Å². The Morgan fingerprint density at radius 1 is 0.966 bits per heavy atom. The highest BCUT2D eigenvalue weighted by atomic mass is 32.2. The number of benzene rings is 3. The highest BCUT2D eigenvalue weighted by molar-refractivity contribution is 7.89. The molecule has 0 atom stereocenters. The summed E-state index contributed by atoms with van der Waals surface area (Å²) in [4.78, 5) is 1.89. The Bertz CT molecular complexity index is 1160. The van der Waals surface area contributed by atoms with E-state index in [2.05, 4.69) is 4.72 Å². The van der Waals surface area contributed by atoms with Crippen LogP contribution in [-0.4, -0.2) is 22.5 Å². The molecule has 0 aromatic heterocycles. The van der Waals surface area contributed by atoms with Crippen LogP contribution in [0.4, 0.5) is 23.2 Å². The van der Waals surface area contributed by atoms with E-state index in [4.69, 9.17) is 0 Å². The van der Waals surface area contributed by atoms with Crippen LogP contribution in [0.15, 0.2) is 59.5 Å². The molecule has 3 aromatic rings. The SMILES string of the molecule is CN(C)c1cccc2c(S(=O)(=O)NCc3ccc(C(F)(F)F)c(F)c3)cccc12. The lowest BCUT2D eigenvalue weighted by Crippen LogP contribution is -2.24. The van der Waals surface area contributed by atoms with Gasteiger partial charge in [0.15, 0.2) is 0 Å². The van der Waals surface area contributed by atoms with Gasteiger partial charge in [-0.3, -0.25) is 0 Å². The number of fused-ring (bicyclic) bond motifs is 1. The van der Waals surface area contributed by atoms with E-state index in [1.807, 2.05) is 25.1 Å². The van der Waals surface area contributed by atoms with Gasteiger partial charge in [0.1, 0.15) is 5.82 Å². The summed E-state index contributed by atoms with van der Waals surface area (Å²) >= 11 is 0. The van der Waals surface area contributed by atoms with Crippen LogP contribution in [0.2, 0.25) is 0 Å². The Morgan fingerprint density at radius 2 is 1.62 bits per heavy atom. The fraction of sp³-hybridized carbons (Fsp3) is 0.200. The third-order valence-electron chi connectivity index (χ3n) is 4.44. The molecule has 0 heterocycles. The molecule has 154 valence electrons. The van der Waals surface area contributed by atoms with Crippen molar-refractivity contribution in [2.24, 2.45) is 0 Å². The first-order chi connectivity index (χ1) is 13.5. The molecule has 0 radical (unpaired) electrons. The van der Waals surface area contributed by atoms with Crippen molar-refractivity contribution >= 4 is 26.5 Å². The highest BCUT2D eigenvalue weighted by Crippen LogP contribution is 2.32. The molecule has 0 saturated heterocycles. The van der Waals surface area contributed by atoms with Gasteiger partial charge in [-0.2, -0.15) is 13.2 Å². The minimum atomic E-state index is -4.81. The molecule has 3 rings (SSSR count). The molecular weight excluding hydrogens is 408 g/mol. The summed E-state index contributed by atoms with van der Waals surface area (Å²) in [5.41, 5.74) is -0.480. The van der Waals surface area contributed by atoms with Crippen molar-refractivity contribution in [3.8, 4) is 0 Å². The molecule has 0 bridgehead atoms. The van der Waals surface area contributed by atoms with Crippen molar-refractivity contribution in [1.82, 2.24) is 4.72 Å².